The minimum atomic E-state index is -0.482. The number of hydrogen-bond donors (Lipinski definition) is 1. The predicted octanol–water partition coefficient (Wildman–Crippen LogP) is 4.97. The van der Waals surface area contributed by atoms with Crippen molar-refractivity contribution in [2.75, 3.05) is 0 Å². The van der Waals surface area contributed by atoms with Crippen LogP contribution in [0.1, 0.15) is 33.6 Å². The van der Waals surface area contributed by atoms with E-state index in [1.165, 1.54) is 12.1 Å². The van der Waals surface area contributed by atoms with Gasteiger partial charge in [-0.3, -0.25) is 14.9 Å². The summed E-state index contributed by atoms with van der Waals surface area (Å²) < 4.78 is 1.89. The Labute approximate surface area is 185 Å². The highest BCUT2D eigenvalue weighted by atomic mass is 35.5. The molecule has 7 nitrogen and oxygen atoms in total. The first kappa shape index (κ1) is 22.2. The van der Waals surface area contributed by atoms with Crippen LogP contribution in [0.15, 0.2) is 47.6 Å². The van der Waals surface area contributed by atoms with Gasteiger partial charge in [-0.15, -0.1) is 0 Å². The highest BCUT2D eigenvalue weighted by molar-refractivity contribution is 6.32. The van der Waals surface area contributed by atoms with Gasteiger partial charge in [0.15, 0.2) is 0 Å². The second-order valence-corrected chi connectivity index (χ2v) is 7.86. The van der Waals surface area contributed by atoms with Gasteiger partial charge in [0, 0.05) is 29.1 Å². The molecule has 0 atom stereocenters. The van der Waals surface area contributed by atoms with E-state index in [9.17, 15) is 14.9 Å². The third kappa shape index (κ3) is 5.00. The highest BCUT2D eigenvalue weighted by Gasteiger charge is 2.15. The Morgan fingerprint density at radius 2 is 1.90 bits per heavy atom. The van der Waals surface area contributed by atoms with Crippen molar-refractivity contribution in [3.8, 4) is 5.69 Å². The molecule has 1 heterocycles. The number of hydrazone groups is 1. The number of carbonyl (C=O) groups is 1. The molecule has 0 unspecified atom stereocenters. The van der Waals surface area contributed by atoms with E-state index >= 15 is 0 Å². The fourth-order valence-corrected chi connectivity index (χ4v) is 3.77. The fourth-order valence-electron chi connectivity index (χ4n) is 3.51. The molecule has 0 aliphatic carbocycles. The van der Waals surface area contributed by atoms with Crippen LogP contribution in [-0.4, -0.2) is 21.6 Å². The monoisotopic (exact) mass is 438 g/mol. The average Bonchev–Trinajstić information content (AvgIpc) is 2.97. The Morgan fingerprint density at radius 3 is 2.55 bits per heavy atom. The van der Waals surface area contributed by atoms with Gasteiger partial charge in [0.25, 0.3) is 5.69 Å². The lowest BCUT2D eigenvalue weighted by Gasteiger charge is -2.11. The lowest BCUT2D eigenvalue weighted by atomic mass is 10.0. The molecule has 31 heavy (non-hydrogen) atoms. The van der Waals surface area contributed by atoms with Gasteiger partial charge >= 0.3 is 0 Å². The molecular formula is C23H23ClN4O3. The zero-order chi connectivity index (χ0) is 22.7. The van der Waals surface area contributed by atoms with Crippen LogP contribution in [0.25, 0.3) is 5.69 Å². The van der Waals surface area contributed by atoms with E-state index < -0.39 is 4.92 Å². The van der Waals surface area contributed by atoms with E-state index in [0.29, 0.717) is 5.69 Å². The van der Waals surface area contributed by atoms with E-state index in [1.807, 2.05) is 56.5 Å². The number of aromatic nitrogens is 1. The highest BCUT2D eigenvalue weighted by Crippen LogP contribution is 2.29. The standard InChI is InChI=1S/C23H23ClN4O3/c1-14-5-6-18(15(2)9-14)11-23(29)26-25-13-19-10-16(3)27(17(19)4)22-8-7-20(28(30)31)12-21(22)24/h5-10,12-13H,11H2,1-4H3,(H,26,29)/b25-13+. The van der Waals surface area contributed by atoms with Crippen molar-refractivity contribution in [3.63, 3.8) is 0 Å². The topological polar surface area (TPSA) is 89.5 Å². The number of nitro groups is 1. The first-order valence-electron chi connectivity index (χ1n) is 9.68. The van der Waals surface area contributed by atoms with Gasteiger partial charge in [0.05, 0.1) is 28.3 Å². The van der Waals surface area contributed by atoms with E-state index in [4.69, 9.17) is 11.6 Å². The van der Waals surface area contributed by atoms with Crippen LogP contribution >= 0.6 is 11.6 Å². The number of nitro benzene ring substituents is 1. The Morgan fingerprint density at radius 1 is 1.16 bits per heavy atom. The molecule has 1 amide bonds. The van der Waals surface area contributed by atoms with Crippen LogP contribution < -0.4 is 5.43 Å². The van der Waals surface area contributed by atoms with Crippen molar-refractivity contribution >= 4 is 29.4 Å². The number of nitrogens with one attached hydrogen (secondary N) is 1. The van der Waals surface area contributed by atoms with Crippen LogP contribution in [0, 0.1) is 37.8 Å². The largest absolute Gasteiger partial charge is 0.316 e. The molecule has 2 aromatic carbocycles. The molecule has 0 bridgehead atoms. The van der Waals surface area contributed by atoms with Gasteiger partial charge in [0.1, 0.15) is 0 Å². The number of rotatable bonds is 6. The molecule has 3 rings (SSSR count). The van der Waals surface area contributed by atoms with Crippen LogP contribution in [-0.2, 0) is 11.2 Å². The number of hydrogen-bond acceptors (Lipinski definition) is 4. The minimum Gasteiger partial charge on any atom is -0.316 e. The second kappa shape index (κ2) is 9.14. The van der Waals surface area contributed by atoms with Crippen molar-refractivity contribution in [2.45, 2.75) is 34.1 Å². The first-order chi connectivity index (χ1) is 14.7. The SMILES string of the molecule is Cc1ccc(CC(=O)N/N=C/c2cc(C)n(-c3ccc([N+](=O)[O-])cc3Cl)c2C)c(C)c1. The van der Waals surface area contributed by atoms with Crippen LogP contribution in [0.4, 0.5) is 5.69 Å². The van der Waals surface area contributed by atoms with Crippen molar-refractivity contribution in [1.29, 1.82) is 0 Å². The third-order valence-corrected chi connectivity index (χ3v) is 5.40. The molecule has 8 heteroatoms. The van der Waals surface area contributed by atoms with Crippen LogP contribution in [0.2, 0.25) is 5.02 Å². The van der Waals surface area contributed by atoms with E-state index in [1.54, 1.807) is 12.3 Å². The van der Waals surface area contributed by atoms with Gasteiger partial charge < -0.3 is 4.57 Å². The second-order valence-electron chi connectivity index (χ2n) is 7.45. The van der Waals surface area contributed by atoms with Crippen molar-refractivity contribution in [3.05, 3.63) is 91.2 Å². The van der Waals surface area contributed by atoms with Gasteiger partial charge in [-0.25, -0.2) is 5.43 Å². The predicted molar refractivity (Wildman–Crippen MR) is 122 cm³/mol. The maximum Gasteiger partial charge on any atom is 0.271 e. The molecular weight excluding hydrogens is 416 g/mol. The molecule has 0 radical (unpaired) electrons. The quantitative estimate of drug-likeness (QED) is 0.335. The number of nitrogens with zero attached hydrogens (tertiary/aromatic N) is 3. The minimum absolute atomic E-state index is 0.0653. The van der Waals surface area contributed by atoms with Crippen LogP contribution in [0.3, 0.4) is 0 Å². The number of benzene rings is 2. The smallest absolute Gasteiger partial charge is 0.271 e. The zero-order valence-corrected chi connectivity index (χ0v) is 18.5. The normalized spacial score (nSPS) is 11.1. The summed E-state index contributed by atoms with van der Waals surface area (Å²) >= 11 is 6.29. The number of aryl methyl sites for hydroxylation is 3. The maximum atomic E-state index is 12.2. The number of carbonyl (C=O) groups excluding carboxylic acids is 1. The Bertz CT molecular complexity index is 1200. The summed E-state index contributed by atoms with van der Waals surface area (Å²) in [7, 11) is 0. The summed E-state index contributed by atoms with van der Waals surface area (Å²) in [5, 5.41) is 15.3. The fraction of sp³-hybridized carbons (Fsp3) is 0.217. The number of amides is 1. The summed E-state index contributed by atoms with van der Waals surface area (Å²) in [5.41, 5.74) is 8.87. The summed E-state index contributed by atoms with van der Waals surface area (Å²) in [4.78, 5) is 22.7. The third-order valence-electron chi connectivity index (χ3n) is 5.10. The van der Waals surface area contributed by atoms with Crippen molar-refractivity contribution in [1.82, 2.24) is 9.99 Å². The summed E-state index contributed by atoms with van der Waals surface area (Å²) in [5.74, 6) is -0.199. The molecule has 0 saturated carbocycles. The molecule has 0 fully saturated rings. The summed E-state index contributed by atoms with van der Waals surface area (Å²) in [6.45, 7) is 7.79. The van der Waals surface area contributed by atoms with Gasteiger partial charge in [-0.2, -0.15) is 5.10 Å². The van der Waals surface area contributed by atoms with E-state index in [-0.39, 0.29) is 23.0 Å². The molecule has 1 aromatic heterocycles. The van der Waals surface area contributed by atoms with Crippen LogP contribution in [0.5, 0.6) is 0 Å². The molecule has 0 aliphatic heterocycles. The zero-order valence-electron chi connectivity index (χ0n) is 17.8. The number of halogens is 1. The summed E-state index contributed by atoms with van der Waals surface area (Å²) in [6.07, 6.45) is 1.83. The first-order valence-corrected chi connectivity index (χ1v) is 10.1. The molecule has 0 saturated heterocycles. The molecule has 160 valence electrons. The Hall–Kier alpha value is -3.45. The Kier molecular flexibility index (Phi) is 6.56. The summed E-state index contributed by atoms with van der Waals surface area (Å²) in [6, 6.07) is 12.3. The van der Waals surface area contributed by atoms with Gasteiger partial charge in [0.2, 0.25) is 5.91 Å². The van der Waals surface area contributed by atoms with E-state index in [0.717, 1.165) is 33.6 Å². The van der Waals surface area contributed by atoms with Crippen molar-refractivity contribution < 1.29 is 9.72 Å². The Balaban J connectivity index is 1.75. The van der Waals surface area contributed by atoms with Crippen molar-refractivity contribution in [2.24, 2.45) is 5.10 Å². The van der Waals surface area contributed by atoms with Gasteiger partial charge in [-0.1, -0.05) is 35.4 Å². The molecule has 0 spiro atoms. The van der Waals surface area contributed by atoms with E-state index in [2.05, 4.69) is 10.5 Å². The maximum absolute atomic E-state index is 12.2. The lowest BCUT2D eigenvalue weighted by molar-refractivity contribution is -0.384. The van der Waals surface area contributed by atoms with Gasteiger partial charge in [-0.05, 0) is 51.0 Å². The lowest BCUT2D eigenvalue weighted by Crippen LogP contribution is -2.20. The molecule has 1 N–H and O–H groups in total. The molecule has 0 aliphatic rings. The average molecular weight is 439 g/mol. The number of non-ortho nitro benzene ring substituents is 1. The molecule has 3 aromatic rings.